The Bertz CT molecular complexity index is 714. The first-order chi connectivity index (χ1) is 9.79. The zero-order valence-electron chi connectivity index (χ0n) is 11.4. The van der Waals surface area contributed by atoms with E-state index in [1.54, 1.807) is 12.4 Å². The molecule has 3 aromatic rings. The Morgan fingerprint density at radius 1 is 1.25 bits per heavy atom. The number of fused-ring (bicyclic) bond motifs is 1. The van der Waals surface area contributed by atoms with Crippen molar-refractivity contribution < 1.29 is 0 Å². The Morgan fingerprint density at radius 2 is 2.10 bits per heavy atom. The number of benzene rings is 1. The van der Waals surface area contributed by atoms with Gasteiger partial charge in [-0.2, -0.15) is 5.10 Å². The molecule has 0 amide bonds. The predicted molar refractivity (Wildman–Crippen MR) is 78.1 cm³/mol. The summed E-state index contributed by atoms with van der Waals surface area (Å²) in [4.78, 5) is 8.71. The third kappa shape index (κ3) is 2.28. The molecule has 5 heteroatoms. The maximum absolute atomic E-state index is 6.37. The van der Waals surface area contributed by atoms with Crippen LogP contribution in [0.1, 0.15) is 30.5 Å². The van der Waals surface area contributed by atoms with Gasteiger partial charge in [-0.05, 0) is 12.5 Å². The van der Waals surface area contributed by atoms with Gasteiger partial charge in [0.25, 0.3) is 0 Å². The van der Waals surface area contributed by atoms with Crippen LogP contribution in [-0.2, 0) is 6.54 Å². The summed E-state index contributed by atoms with van der Waals surface area (Å²) in [6, 6.07) is 5.67. The van der Waals surface area contributed by atoms with E-state index in [1.165, 1.54) is 0 Å². The maximum Gasteiger partial charge on any atom is 0.0937 e. The lowest BCUT2D eigenvalue weighted by atomic mass is 10.0. The molecule has 2 heterocycles. The van der Waals surface area contributed by atoms with E-state index in [-0.39, 0.29) is 6.04 Å². The highest BCUT2D eigenvalue weighted by molar-refractivity contribution is 5.78. The van der Waals surface area contributed by atoms with Gasteiger partial charge in [-0.3, -0.25) is 14.6 Å². The molecule has 0 fully saturated rings. The van der Waals surface area contributed by atoms with E-state index in [4.69, 9.17) is 5.73 Å². The van der Waals surface area contributed by atoms with Gasteiger partial charge < -0.3 is 5.73 Å². The van der Waals surface area contributed by atoms with Crippen LogP contribution in [-0.4, -0.2) is 19.7 Å². The Kier molecular flexibility index (Phi) is 3.43. The highest BCUT2D eigenvalue weighted by atomic mass is 15.3. The van der Waals surface area contributed by atoms with Crippen molar-refractivity contribution in [3.63, 3.8) is 0 Å². The second kappa shape index (κ2) is 5.38. The molecule has 2 N–H and O–H groups in total. The van der Waals surface area contributed by atoms with Crippen molar-refractivity contribution >= 4 is 11.0 Å². The average molecular weight is 267 g/mol. The summed E-state index contributed by atoms with van der Waals surface area (Å²) in [5, 5.41) is 4.33. The van der Waals surface area contributed by atoms with Crippen LogP contribution in [0.2, 0.25) is 0 Å². The maximum atomic E-state index is 6.37. The fourth-order valence-corrected chi connectivity index (χ4v) is 2.34. The number of para-hydroxylation sites is 1. The predicted octanol–water partition coefficient (Wildman–Crippen LogP) is 2.28. The largest absolute Gasteiger partial charge is 0.320 e. The molecule has 20 heavy (non-hydrogen) atoms. The Hall–Kier alpha value is -2.27. The van der Waals surface area contributed by atoms with E-state index in [0.29, 0.717) is 0 Å². The molecule has 5 nitrogen and oxygen atoms in total. The quantitative estimate of drug-likeness (QED) is 0.787. The van der Waals surface area contributed by atoms with E-state index >= 15 is 0 Å². The lowest BCUT2D eigenvalue weighted by Crippen LogP contribution is -2.12. The van der Waals surface area contributed by atoms with Crippen LogP contribution in [0, 0.1) is 0 Å². The topological polar surface area (TPSA) is 69.6 Å². The minimum Gasteiger partial charge on any atom is -0.320 e. The zero-order chi connectivity index (χ0) is 13.9. The summed E-state index contributed by atoms with van der Waals surface area (Å²) in [5.74, 6) is 0. The molecule has 1 atom stereocenters. The van der Waals surface area contributed by atoms with Gasteiger partial charge in [0, 0.05) is 36.3 Å². The summed E-state index contributed by atoms with van der Waals surface area (Å²) in [6.07, 6.45) is 8.27. The molecule has 2 aromatic heterocycles. The standard InChI is InChI=1S/C15H17N5/c1-2-8-20-10-11(9-19-20)14(16)12-4-3-5-13-15(12)18-7-6-17-13/h3-7,9-10,14H,2,8,16H2,1H3. The van der Waals surface area contributed by atoms with Crippen LogP contribution in [0.4, 0.5) is 0 Å². The molecule has 0 aliphatic heterocycles. The van der Waals surface area contributed by atoms with Gasteiger partial charge in [0.05, 0.1) is 23.3 Å². The van der Waals surface area contributed by atoms with Gasteiger partial charge in [0.1, 0.15) is 0 Å². The third-order valence-electron chi connectivity index (χ3n) is 3.33. The molecule has 0 saturated heterocycles. The first kappa shape index (κ1) is 12.7. The lowest BCUT2D eigenvalue weighted by molar-refractivity contribution is 0.602. The van der Waals surface area contributed by atoms with Crippen molar-refractivity contribution in [2.45, 2.75) is 25.9 Å². The van der Waals surface area contributed by atoms with Crippen molar-refractivity contribution in [2.24, 2.45) is 5.73 Å². The van der Waals surface area contributed by atoms with Crippen molar-refractivity contribution in [1.29, 1.82) is 0 Å². The first-order valence-electron chi connectivity index (χ1n) is 6.77. The van der Waals surface area contributed by atoms with E-state index in [9.17, 15) is 0 Å². The molecular formula is C15H17N5. The van der Waals surface area contributed by atoms with Crippen LogP contribution in [0.5, 0.6) is 0 Å². The van der Waals surface area contributed by atoms with Crippen LogP contribution < -0.4 is 5.73 Å². The normalized spacial score (nSPS) is 12.7. The van der Waals surface area contributed by atoms with Crippen LogP contribution in [0.15, 0.2) is 43.0 Å². The Balaban J connectivity index is 2.01. The van der Waals surface area contributed by atoms with E-state index in [1.807, 2.05) is 35.3 Å². The fourth-order valence-electron chi connectivity index (χ4n) is 2.34. The monoisotopic (exact) mass is 267 g/mol. The molecule has 3 rings (SSSR count). The minimum absolute atomic E-state index is 0.235. The molecule has 0 aliphatic rings. The number of nitrogens with two attached hydrogens (primary N) is 1. The molecule has 0 aliphatic carbocycles. The number of aromatic nitrogens is 4. The average Bonchev–Trinajstić information content (AvgIpc) is 2.95. The van der Waals surface area contributed by atoms with Gasteiger partial charge in [-0.25, -0.2) is 0 Å². The summed E-state index contributed by atoms with van der Waals surface area (Å²) >= 11 is 0. The zero-order valence-corrected chi connectivity index (χ0v) is 11.4. The van der Waals surface area contributed by atoms with Crippen molar-refractivity contribution in [2.75, 3.05) is 0 Å². The number of rotatable bonds is 4. The summed E-state index contributed by atoms with van der Waals surface area (Å²) in [7, 11) is 0. The highest BCUT2D eigenvalue weighted by Crippen LogP contribution is 2.24. The van der Waals surface area contributed by atoms with Gasteiger partial charge in [0.2, 0.25) is 0 Å². The number of hydrogen-bond donors (Lipinski definition) is 1. The molecule has 0 radical (unpaired) electrons. The van der Waals surface area contributed by atoms with Crippen LogP contribution >= 0.6 is 0 Å². The molecule has 1 aromatic carbocycles. The van der Waals surface area contributed by atoms with Crippen molar-refractivity contribution in [1.82, 2.24) is 19.7 Å². The number of aryl methyl sites for hydroxylation is 1. The van der Waals surface area contributed by atoms with E-state index in [2.05, 4.69) is 22.0 Å². The Labute approximate surface area is 117 Å². The number of hydrogen-bond acceptors (Lipinski definition) is 4. The second-order valence-electron chi connectivity index (χ2n) is 4.79. The fraction of sp³-hybridized carbons (Fsp3) is 0.267. The molecule has 0 saturated carbocycles. The van der Waals surface area contributed by atoms with Gasteiger partial charge in [-0.15, -0.1) is 0 Å². The first-order valence-corrected chi connectivity index (χ1v) is 6.77. The smallest absolute Gasteiger partial charge is 0.0937 e. The Morgan fingerprint density at radius 3 is 2.95 bits per heavy atom. The number of nitrogens with zero attached hydrogens (tertiary/aromatic N) is 4. The van der Waals surface area contributed by atoms with Crippen molar-refractivity contribution in [3.8, 4) is 0 Å². The van der Waals surface area contributed by atoms with Gasteiger partial charge >= 0.3 is 0 Å². The highest BCUT2D eigenvalue weighted by Gasteiger charge is 2.15. The summed E-state index contributed by atoms with van der Waals surface area (Å²) in [6.45, 7) is 3.03. The minimum atomic E-state index is -0.235. The molecule has 1 unspecified atom stereocenters. The summed E-state index contributed by atoms with van der Waals surface area (Å²) in [5.41, 5.74) is 10.1. The van der Waals surface area contributed by atoms with E-state index < -0.39 is 0 Å². The summed E-state index contributed by atoms with van der Waals surface area (Å²) < 4.78 is 1.92. The van der Waals surface area contributed by atoms with Crippen LogP contribution in [0.25, 0.3) is 11.0 Å². The van der Waals surface area contributed by atoms with Gasteiger partial charge in [0.15, 0.2) is 0 Å². The lowest BCUT2D eigenvalue weighted by Gasteiger charge is -2.11. The van der Waals surface area contributed by atoms with E-state index in [0.717, 1.165) is 35.1 Å². The second-order valence-corrected chi connectivity index (χ2v) is 4.79. The van der Waals surface area contributed by atoms with Crippen molar-refractivity contribution in [3.05, 3.63) is 54.1 Å². The van der Waals surface area contributed by atoms with Gasteiger partial charge in [-0.1, -0.05) is 19.1 Å². The molecule has 102 valence electrons. The molecule has 0 bridgehead atoms. The third-order valence-corrected chi connectivity index (χ3v) is 3.33. The molecular weight excluding hydrogens is 250 g/mol. The molecule has 0 spiro atoms. The van der Waals surface area contributed by atoms with Crippen LogP contribution in [0.3, 0.4) is 0 Å². The SMILES string of the molecule is CCCn1cc(C(N)c2cccc3nccnc23)cn1.